The number of aromatic hydroxyl groups is 1. The summed E-state index contributed by atoms with van der Waals surface area (Å²) >= 11 is 0. The molecule has 3 heteroatoms. The van der Waals surface area contributed by atoms with E-state index in [1.807, 2.05) is 27.7 Å². The summed E-state index contributed by atoms with van der Waals surface area (Å²) in [6, 6.07) is 39.0. The molecule has 0 unspecified atom stereocenters. The van der Waals surface area contributed by atoms with E-state index in [0.29, 0.717) is 5.75 Å². The number of phenolic OH excluding ortho intramolecular Hbond substituents is 1. The summed E-state index contributed by atoms with van der Waals surface area (Å²) in [5, 5.41) is 13.8. The zero-order chi connectivity index (χ0) is 19.9. The van der Waals surface area contributed by atoms with Crippen molar-refractivity contribution in [3.63, 3.8) is 0 Å². The summed E-state index contributed by atoms with van der Waals surface area (Å²) in [5.74, 6) is 0.322. The molecule has 0 aromatic heterocycles. The minimum absolute atomic E-state index is 0.322. The Morgan fingerprint density at radius 1 is 0.414 bits per heavy atom. The zero-order valence-corrected chi connectivity index (χ0v) is 17.4. The fraction of sp³-hybridized carbons (Fsp3) is 0. The number of hydrogen-bond acceptors (Lipinski definition) is 3. The quantitative estimate of drug-likeness (QED) is 0.302. The van der Waals surface area contributed by atoms with Crippen molar-refractivity contribution in [2.24, 2.45) is 0 Å². The molecule has 0 aliphatic carbocycles. The second-order valence-electron chi connectivity index (χ2n) is 6.52. The predicted octanol–water partition coefficient (Wildman–Crippen LogP) is 8.18. The van der Waals surface area contributed by atoms with Crippen LogP contribution in [-0.2, 0) is 0 Å². The highest BCUT2D eigenvalue weighted by Gasteiger charge is 2.01. The van der Waals surface area contributed by atoms with Crippen molar-refractivity contribution in [3.05, 3.63) is 115 Å². The van der Waals surface area contributed by atoms with E-state index in [4.69, 9.17) is 5.11 Å². The Morgan fingerprint density at radius 3 is 1.24 bits per heavy atom. The largest absolute Gasteiger partial charge is 0.508 e. The summed E-state index contributed by atoms with van der Waals surface area (Å²) < 4.78 is 0. The van der Waals surface area contributed by atoms with Gasteiger partial charge in [-0.2, -0.15) is 0 Å². The third-order valence-electron chi connectivity index (χ3n) is 4.43. The highest BCUT2D eigenvalue weighted by atomic mass is 33.1. The summed E-state index contributed by atoms with van der Waals surface area (Å²) in [4.78, 5) is 2.58. The molecular weight excluding hydrogens is 392 g/mol. The van der Waals surface area contributed by atoms with Crippen molar-refractivity contribution in [2.45, 2.75) is 9.79 Å². The molecule has 5 rings (SSSR count). The third-order valence-corrected chi connectivity index (χ3v) is 6.81. The molecule has 0 fully saturated rings. The van der Waals surface area contributed by atoms with Crippen LogP contribution in [0.25, 0.3) is 21.5 Å². The van der Waals surface area contributed by atoms with E-state index < -0.39 is 0 Å². The van der Waals surface area contributed by atoms with Crippen LogP contribution < -0.4 is 0 Å². The minimum atomic E-state index is 0.322. The van der Waals surface area contributed by atoms with Crippen LogP contribution in [0.15, 0.2) is 125 Å². The Balaban J connectivity index is 0.000000249. The van der Waals surface area contributed by atoms with Crippen LogP contribution in [0, 0.1) is 0 Å². The summed E-state index contributed by atoms with van der Waals surface area (Å²) in [6.45, 7) is 0. The van der Waals surface area contributed by atoms with Crippen LogP contribution in [0.3, 0.4) is 0 Å². The van der Waals surface area contributed by atoms with Crippen LogP contribution in [0.2, 0.25) is 0 Å². The molecule has 5 aromatic rings. The van der Waals surface area contributed by atoms with Crippen molar-refractivity contribution in [3.8, 4) is 5.75 Å². The molecular formula is C26H20OS2. The van der Waals surface area contributed by atoms with E-state index in [2.05, 4.69) is 84.9 Å². The van der Waals surface area contributed by atoms with E-state index in [-0.39, 0.29) is 0 Å². The van der Waals surface area contributed by atoms with Gasteiger partial charge in [-0.25, -0.2) is 0 Å². The van der Waals surface area contributed by atoms with Gasteiger partial charge in [0.15, 0.2) is 0 Å². The predicted molar refractivity (Wildman–Crippen MR) is 128 cm³/mol. The van der Waals surface area contributed by atoms with Gasteiger partial charge in [-0.05, 0) is 57.9 Å². The average molecular weight is 413 g/mol. The lowest BCUT2D eigenvalue weighted by Gasteiger charge is -2.05. The van der Waals surface area contributed by atoms with Crippen LogP contribution >= 0.6 is 21.6 Å². The number of phenols is 1. The van der Waals surface area contributed by atoms with Gasteiger partial charge in [-0.1, -0.05) is 100 Å². The standard InChI is InChI=1S/C20H14S2.C6H6O/c1-3-7-17-13-19(11-9-15(17)5-1)21-22-20-12-10-16-6-2-4-8-18(16)14-20;7-6-4-2-1-3-5-6/h1-14H;1-5,7H. The third kappa shape index (κ3) is 5.35. The first-order valence-corrected chi connectivity index (χ1v) is 11.5. The van der Waals surface area contributed by atoms with Crippen LogP contribution in [0.5, 0.6) is 5.75 Å². The molecule has 0 bridgehead atoms. The van der Waals surface area contributed by atoms with Gasteiger partial charge in [-0.3, -0.25) is 0 Å². The Bertz CT molecular complexity index is 1140. The molecule has 142 valence electrons. The normalized spacial score (nSPS) is 10.5. The SMILES string of the molecule is Oc1ccccc1.c1ccc2cc(SSc3ccc4ccccc4c3)ccc2c1. The number of hydrogen-bond donors (Lipinski definition) is 1. The van der Waals surface area contributed by atoms with Crippen molar-refractivity contribution in [1.82, 2.24) is 0 Å². The second kappa shape index (κ2) is 9.55. The Kier molecular flexibility index (Phi) is 6.40. The van der Waals surface area contributed by atoms with Gasteiger partial charge < -0.3 is 5.11 Å². The van der Waals surface area contributed by atoms with Crippen LogP contribution in [-0.4, -0.2) is 5.11 Å². The van der Waals surface area contributed by atoms with Crippen molar-refractivity contribution < 1.29 is 5.11 Å². The fourth-order valence-electron chi connectivity index (χ4n) is 2.96. The topological polar surface area (TPSA) is 20.2 Å². The van der Waals surface area contributed by atoms with E-state index >= 15 is 0 Å². The monoisotopic (exact) mass is 412 g/mol. The van der Waals surface area contributed by atoms with Crippen molar-refractivity contribution in [2.75, 3.05) is 0 Å². The smallest absolute Gasteiger partial charge is 0.115 e. The van der Waals surface area contributed by atoms with E-state index in [1.54, 1.807) is 24.3 Å². The van der Waals surface area contributed by atoms with E-state index in [1.165, 1.54) is 31.3 Å². The number of rotatable bonds is 3. The van der Waals surface area contributed by atoms with E-state index in [0.717, 1.165) is 0 Å². The molecule has 5 aromatic carbocycles. The Morgan fingerprint density at radius 2 is 0.828 bits per heavy atom. The zero-order valence-electron chi connectivity index (χ0n) is 15.7. The highest BCUT2D eigenvalue weighted by Crippen LogP contribution is 2.39. The fourth-order valence-corrected chi connectivity index (χ4v) is 4.95. The first-order valence-electron chi connectivity index (χ1n) is 9.34. The van der Waals surface area contributed by atoms with Crippen molar-refractivity contribution in [1.29, 1.82) is 0 Å². The molecule has 0 radical (unpaired) electrons. The average Bonchev–Trinajstić information content (AvgIpc) is 2.78. The Labute approximate surface area is 178 Å². The molecule has 29 heavy (non-hydrogen) atoms. The first kappa shape index (κ1) is 19.4. The van der Waals surface area contributed by atoms with Crippen LogP contribution in [0.4, 0.5) is 0 Å². The lowest BCUT2D eigenvalue weighted by atomic mass is 10.1. The van der Waals surface area contributed by atoms with Gasteiger partial charge in [0, 0.05) is 9.79 Å². The summed E-state index contributed by atoms with van der Waals surface area (Å²) in [6.07, 6.45) is 0. The summed E-state index contributed by atoms with van der Waals surface area (Å²) in [5.41, 5.74) is 0. The molecule has 0 amide bonds. The molecule has 1 nitrogen and oxygen atoms in total. The number of benzene rings is 5. The minimum Gasteiger partial charge on any atom is -0.508 e. The van der Waals surface area contributed by atoms with Gasteiger partial charge in [-0.15, -0.1) is 0 Å². The molecule has 0 atom stereocenters. The molecule has 0 heterocycles. The van der Waals surface area contributed by atoms with Gasteiger partial charge in [0.2, 0.25) is 0 Å². The first-order chi connectivity index (χ1) is 14.3. The lowest BCUT2D eigenvalue weighted by molar-refractivity contribution is 0.475. The van der Waals surface area contributed by atoms with Gasteiger partial charge in [0.25, 0.3) is 0 Å². The van der Waals surface area contributed by atoms with Crippen LogP contribution in [0.1, 0.15) is 0 Å². The van der Waals surface area contributed by atoms with Gasteiger partial charge >= 0.3 is 0 Å². The second-order valence-corrected chi connectivity index (χ2v) is 8.80. The number of fused-ring (bicyclic) bond motifs is 2. The highest BCUT2D eigenvalue weighted by molar-refractivity contribution is 8.76. The molecule has 0 saturated carbocycles. The maximum Gasteiger partial charge on any atom is 0.115 e. The molecule has 0 spiro atoms. The maximum absolute atomic E-state index is 8.63. The Hall–Kier alpha value is -2.88. The summed E-state index contributed by atoms with van der Waals surface area (Å²) in [7, 11) is 3.63. The molecule has 0 saturated heterocycles. The lowest BCUT2D eigenvalue weighted by Crippen LogP contribution is -1.75. The maximum atomic E-state index is 8.63. The van der Waals surface area contributed by atoms with Gasteiger partial charge in [0.1, 0.15) is 5.75 Å². The molecule has 0 aliphatic rings. The number of para-hydroxylation sites is 1. The van der Waals surface area contributed by atoms with Crippen molar-refractivity contribution >= 4 is 43.1 Å². The van der Waals surface area contributed by atoms with Gasteiger partial charge in [0.05, 0.1) is 0 Å². The molecule has 0 aliphatic heterocycles. The molecule has 1 N–H and O–H groups in total. The van der Waals surface area contributed by atoms with E-state index in [9.17, 15) is 0 Å².